The molecular weight excluding hydrogens is 194 g/mol. The minimum atomic E-state index is -0.317. The second kappa shape index (κ2) is 4.02. The number of H-pyrrole nitrogens is 1. The van der Waals surface area contributed by atoms with E-state index in [1.807, 2.05) is 13.8 Å². The number of hydrogen-bond donors (Lipinski definition) is 2. The number of carbonyl (C=O) groups excluding carboxylic acids is 1. The van der Waals surface area contributed by atoms with Gasteiger partial charge in [0.05, 0.1) is 12.3 Å². The van der Waals surface area contributed by atoms with Crippen LogP contribution in [0.5, 0.6) is 0 Å². The largest absolute Gasteiger partial charge is 0.365 e. The third-order valence-electron chi connectivity index (χ3n) is 2.60. The highest BCUT2D eigenvalue weighted by atomic mass is 16.5. The van der Waals surface area contributed by atoms with Gasteiger partial charge >= 0.3 is 0 Å². The van der Waals surface area contributed by atoms with Gasteiger partial charge in [0, 0.05) is 5.56 Å². The third kappa shape index (κ3) is 2.18. The van der Waals surface area contributed by atoms with Crippen molar-refractivity contribution >= 4 is 11.7 Å². The minimum absolute atomic E-state index is 0.0910. The number of rotatable bonds is 2. The van der Waals surface area contributed by atoms with Crippen LogP contribution in [0.2, 0.25) is 0 Å². The average molecular weight is 209 g/mol. The van der Waals surface area contributed by atoms with Crippen LogP contribution in [-0.2, 0) is 9.53 Å². The number of anilines is 1. The molecular formula is C10H15N3O2. The Morgan fingerprint density at radius 3 is 3.00 bits per heavy atom. The van der Waals surface area contributed by atoms with Gasteiger partial charge in [-0.05, 0) is 26.7 Å². The number of amides is 1. The number of hydrogen-bond acceptors (Lipinski definition) is 3. The molecule has 2 unspecified atom stereocenters. The van der Waals surface area contributed by atoms with Gasteiger partial charge in [0.1, 0.15) is 11.9 Å². The Balaban J connectivity index is 1.95. The molecule has 1 fully saturated rings. The lowest BCUT2D eigenvalue weighted by Crippen LogP contribution is -2.28. The summed E-state index contributed by atoms with van der Waals surface area (Å²) < 4.78 is 5.47. The van der Waals surface area contributed by atoms with E-state index < -0.39 is 0 Å². The van der Waals surface area contributed by atoms with Gasteiger partial charge in [-0.1, -0.05) is 0 Å². The van der Waals surface area contributed by atoms with Crippen molar-refractivity contribution in [3.63, 3.8) is 0 Å². The molecule has 82 valence electrons. The molecule has 2 N–H and O–H groups in total. The van der Waals surface area contributed by atoms with E-state index in [1.165, 1.54) is 0 Å². The number of ether oxygens (including phenoxy) is 1. The van der Waals surface area contributed by atoms with Gasteiger partial charge in [-0.3, -0.25) is 9.89 Å². The average Bonchev–Trinajstić information content (AvgIpc) is 2.77. The summed E-state index contributed by atoms with van der Waals surface area (Å²) in [5.74, 6) is 0.565. The first-order valence-electron chi connectivity index (χ1n) is 5.13. The molecule has 0 aliphatic carbocycles. The number of aryl methyl sites for hydroxylation is 1. The van der Waals surface area contributed by atoms with Crippen LogP contribution >= 0.6 is 0 Å². The summed E-state index contributed by atoms with van der Waals surface area (Å²) in [4.78, 5) is 11.7. The molecule has 1 saturated heterocycles. The fourth-order valence-corrected chi connectivity index (χ4v) is 1.67. The molecule has 2 atom stereocenters. The Bertz CT molecular complexity index is 361. The smallest absolute Gasteiger partial charge is 0.254 e. The Kier molecular flexibility index (Phi) is 2.73. The van der Waals surface area contributed by atoms with E-state index in [9.17, 15) is 4.79 Å². The normalized spacial score (nSPS) is 25.5. The van der Waals surface area contributed by atoms with Crippen molar-refractivity contribution in [3.8, 4) is 0 Å². The summed E-state index contributed by atoms with van der Waals surface area (Å²) in [5, 5.41) is 9.34. The predicted octanol–water partition coefficient (Wildman–Crippen LogP) is 1.22. The van der Waals surface area contributed by atoms with Crippen LogP contribution in [-0.4, -0.2) is 28.3 Å². The molecule has 2 heterocycles. The Labute approximate surface area is 88.2 Å². The molecule has 0 saturated carbocycles. The quantitative estimate of drug-likeness (QED) is 0.769. The topological polar surface area (TPSA) is 67.0 Å². The second-order valence-corrected chi connectivity index (χ2v) is 3.93. The van der Waals surface area contributed by atoms with Crippen molar-refractivity contribution in [1.82, 2.24) is 10.2 Å². The highest BCUT2D eigenvalue weighted by Crippen LogP contribution is 2.20. The Morgan fingerprint density at radius 2 is 2.47 bits per heavy atom. The lowest BCUT2D eigenvalue weighted by atomic mass is 10.2. The number of aromatic amines is 1. The van der Waals surface area contributed by atoms with Crippen molar-refractivity contribution in [1.29, 1.82) is 0 Å². The van der Waals surface area contributed by atoms with E-state index in [0.29, 0.717) is 5.82 Å². The van der Waals surface area contributed by atoms with Gasteiger partial charge < -0.3 is 10.1 Å². The number of nitrogens with zero attached hydrogens (tertiary/aromatic N) is 1. The molecule has 0 spiro atoms. The van der Waals surface area contributed by atoms with Crippen molar-refractivity contribution < 1.29 is 9.53 Å². The zero-order chi connectivity index (χ0) is 10.8. The highest BCUT2D eigenvalue weighted by Gasteiger charge is 2.28. The molecule has 0 bridgehead atoms. The van der Waals surface area contributed by atoms with E-state index in [1.54, 1.807) is 6.20 Å². The van der Waals surface area contributed by atoms with Gasteiger partial charge in [0.25, 0.3) is 5.91 Å². The molecule has 15 heavy (non-hydrogen) atoms. The Morgan fingerprint density at radius 1 is 1.67 bits per heavy atom. The minimum Gasteiger partial charge on any atom is -0.365 e. The molecule has 1 amide bonds. The lowest BCUT2D eigenvalue weighted by molar-refractivity contribution is -0.126. The fraction of sp³-hybridized carbons (Fsp3) is 0.600. The van der Waals surface area contributed by atoms with Crippen LogP contribution in [0.1, 0.15) is 25.3 Å². The first kappa shape index (κ1) is 10.2. The van der Waals surface area contributed by atoms with Gasteiger partial charge in [-0.15, -0.1) is 0 Å². The first-order chi connectivity index (χ1) is 7.16. The fourth-order valence-electron chi connectivity index (χ4n) is 1.67. The molecule has 2 rings (SSSR count). The summed E-state index contributed by atoms with van der Waals surface area (Å²) in [7, 11) is 0. The molecule has 1 aliphatic heterocycles. The summed E-state index contributed by atoms with van der Waals surface area (Å²) >= 11 is 0. The van der Waals surface area contributed by atoms with E-state index >= 15 is 0 Å². The Hall–Kier alpha value is -1.36. The monoisotopic (exact) mass is 209 g/mol. The van der Waals surface area contributed by atoms with Gasteiger partial charge in [0.2, 0.25) is 0 Å². The first-order valence-corrected chi connectivity index (χ1v) is 5.13. The molecule has 5 heteroatoms. The highest BCUT2D eigenvalue weighted by molar-refractivity contribution is 5.94. The van der Waals surface area contributed by atoms with E-state index in [0.717, 1.165) is 18.4 Å². The van der Waals surface area contributed by atoms with Crippen LogP contribution in [0.4, 0.5) is 5.82 Å². The lowest BCUT2D eigenvalue weighted by Gasteiger charge is -2.10. The SMILES string of the molecule is Cc1cn[nH]c1NC(=O)C1CCC(C)O1. The maximum atomic E-state index is 11.7. The van der Waals surface area contributed by atoms with Gasteiger partial charge in [0.15, 0.2) is 0 Å². The van der Waals surface area contributed by atoms with Crippen molar-refractivity contribution in [2.45, 2.75) is 38.9 Å². The van der Waals surface area contributed by atoms with Gasteiger partial charge in [-0.25, -0.2) is 0 Å². The predicted molar refractivity (Wildman–Crippen MR) is 55.5 cm³/mol. The third-order valence-corrected chi connectivity index (χ3v) is 2.60. The number of aromatic nitrogens is 2. The summed E-state index contributed by atoms with van der Waals surface area (Å²) in [6, 6.07) is 0. The zero-order valence-electron chi connectivity index (χ0n) is 8.91. The standard InChI is InChI=1S/C10H15N3O2/c1-6-5-11-13-9(6)12-10(14)8-4-3-7(2)15-8/h5,7-8H,3-4H2,1-2H3,(H2,11,12,13,14). The van der Waals surface area contributed by atoms with Crippen LogP contribution in [0, 0.1) is 6.92 Å². The summed E-state index contributed by atoms with van der Waals surface area (Å²) in [5.41, 5.74) is 0.925. The van der Waals surface area contributed by atoms with Crippen molar-refractivity contribution in [2.75, 3.05) is 5.32 Å². The van der Waals surface area contributed by atoms with Crippen LogP contribution < -0.4 is 5.32 Å². The van der Waals surface area contributed by atoms with Crippen molar-refractivity contribution in [3.05, 3.63) is 11.8 Å². The molecule has 1 aromatic heterocycles. The van der Waals surface area contributed by atoms with Gasteiger partial charge in [-0.2, -0.15) is 5.10 Å². The molecule has 0 aromatic carbocycles. The van der Waals surface area contributed by atoms with E-state index in [2.05, 4.69) is 15.5 Å². The molecule has 1 aliphatic rings. The van der Waals surface area contributed by atoms with Crippen molar-refractivity contribution in [2.24, 2.45) is 0 Å². The molecule has 5 nitrogen and oxygen atoms in total. The zero-order valence-corrected chi connectivity index (χ0v) is 8.91. The maximum absolute atomic E-state index is 11.7. The van der Waals surface area contributed by atoms with Crippen LogP contribution in [0.3, 0.4) is 0 Å². The number of carbonyl (C=O) groups is 1. The van der Waals surface area contributed by atoms with Crippen LogP contribution in [0.15, 0.2) is 6.20 Å². The maximum Gasteiger partial charge on any atom is 0.254 e. The summed E-state index contributed by atoms with van der Waals surface area (Å²) in [6.07, 6.45) is 3.28. The molecule has 0 radical (unpaired) electrons. The van der Waals surface area contributed by atoms with E-state index in [-0.39, 0.29) is 18.1 Å². The summed E-state index contributed by atoms with van der Waals surface area (Å²) in [6.45, 7) is 3.87. The van der Waals surface area contributed by atoms with Crippen LogP contribution in [0.25, 0.3) is 0 Å². The molecule has 1 aromatic rings. The van der Waals surface area contributed by atoms with E-state index in [4.69, 9.17) is 4.74 Å². The number of nitrogens with one attached hydrogen (secondary N) is 2. The second-order valence-electron chi connectivity index (χ2n) is 3.93.